The number of alkyl carbamates (subject to hydrolysis) is 1. The van der Waals surface area contributed by atoms with Gasteiger partial charge >= 0.3 is 12.1 Å². The number of nitrogens with one attached hydrogen (secondary N) is 1. The number of carbonyl (C=O) groups excluding carboxylic acids is 1. The summed E-state index contributed by atoms with van der Waals surface area (Å²) in [6.07, 6.45) is 0.394. The Hall–Kier alpha value is -2.90. The van der Waals surface area contributed by atoms with E-state index in [1.165, 1.54) is 11.0 Å². The molecular weight excluding hydrogens is 288 g/mol. The van der Waals surface area contributed by atoms with Crippen molar-refractivity contribution < 1.29 is 19.4 Å². The molecule has 2 rings (SSSR count). The number of benzene rings is 1. The van der Waals surface area contributed by atoms with Gasteiger partial charge in [0.25, 0.3) is 0 Å². The zero-order chi connectivity index (χ0) is 15.9. The van der Waals surface area contributed by atoms with Crippen LogP contribution < -0.4 is 5.32 Å². The third kappa shape index (κ3) is 4.58. The van der Waals surface area contributed by atoms with Crippen LogP contribution in [0.2, 0.25) is 0 Å². The zero-order valence-corrected chi connectivity index (χ0v) is 12.0. The Bertz CT molecular complexity index is 641. The number of aromatic nitrogens is 3. The van der Waals surface area contributed by atoms with Gasteiger partial charge in [-0.1, -0.05) is 30.3 Å². The van der Waals surface area contributed by atoms with E-state index in [1.807, 2.05) is 30.3 Å². The molecular formula is C14H16N4O4. The maximum Gasteiger partial charge on any atom is 0.408 e. The molecule has 1 atom stereocenters. The highest BCUT2D eigenvalue weighted by Gasteiger charge is 2.21. The highest BCUT2D eigenvalue weighted by atomic mass is 16.5. The Balaban J connectivity index is 1.94. The molecule has 1 heterocycles. The van der Waals surface area contributed by atoms with Crippen LogP contribution in [0.3, 0.4) is 0 Å². The number of amides is 1. The van der Waals surface area contributed by atoms with Crippen molar-refractivity contribution in [1.82, 2.24) is 20.3 Å². The molecule has 0 radical (unpaired) electrons. The molecule has 1 unspecified atom stereocenters. The molecule has 1 amide bonds. The number of carbonyl (C=O) groups is 2. The second-order valence-corrected chi connectivity index (χ2v) is 4.62. The number of ether oxygens (including phenoxy) is 1. The van der Waals surface area contributed by atoms with E-state index in [4.69, 9.17) is 9.84 Å². The van der Waals surface area contributed by atoms with Crippen LogP contribution in [-0.2, 0) is 23.2 Å². The molecule has 0 aliphatic heterocycles. The summed E-state index contributed by atoms with van der Waals surface area (Å²) in [5, 5.41) is 19.3. The number of carboxylic acid groups (broad SMARTS) is 1. The van der Waals surface area contributed by atoms with Crippen molar-refractivity contribution >= 4 is 12.1 Å². The predicted octanol–water partition coefficient (Wildman–Crippen LogP) is 1.26. The highest BCUT2D eigenvalue weighted by molar-refractivity contribution is 5.71. The van der Waals surface area contributed by atoms with E-state index in [-0.39, 0.29) is 13.0 Å². The first-order chi connectivity index (χ1) is 10.5. The first kappa shape index (κ1) is 15.5. The summed E-state index contributed by atoms with van der Waals surface area (Å²) in [6, 6.07) is 8.39. The van der Waals surface area contributed by atoms with Crippen LogP contribution in [0.4, 0.5) is 4.79 Å². The van der Waals surface area contributed by atoms with Crippen molar-refractivity contribution in [2.45, 2.75) is 19.1 Å². The standard InChI is InChI=1S/C14H16N4O4/c1-18-15-8-12(17-18)11(7-13(19)20)16-14(21)22-9-10-5-3-2-4-6-10/h2-6,8,11H,7,9H2,1H3,(H,16,21)(H,19,20). The van der Waals surface area contributed by atoms with Gasteiger partial charge in [-0.2, -0.15) is 15.0 Å². The van der Waals surface area contributed by atoms with E-state index in [9.17, 15) is 9.59 Å². The first-order valence-electron chi connectivity index (χ1n) is 6.60. The second kappa shape index (κ2) is 7.21. The predicted molar refractivity (Wildman–Crippen MR) is 75.8 cm³/mol. The van der Waals surface area contributed by atoms with Crippen molar-refractivity contribution in [3.05, 3.63) is 47.8 Å². The second-order valence-electron chi connectivity index (χ2n) is 4.62. The number of rotatable bonds is 6. The van der Waals surface area contributed by atoms with Gasteiger partial charge in [-0.25, -0.2) is 4.79 Å². The molecule has 0 saturated carbocycles. The highest BCUT2D eigenvalue weighted by Crippen LogP contribution is 2.14. The van der Waals surface area contributed by atoms with Crippen LogP contribution in [0, 0.1) is 0 Å². The number of nitrogens with zero attached hydrogens (tertiary/aromatic N) is 3. The summed E-state index contributed by atoms with van der Waals surface area (Å²) in [7, 11) is 1.61. The summed E-state index contributed by atoms with van der Waals surface area (Å²) in [6.45, 7) is 0.104. The minimum absolute atomic E-state index is 0.104. The van der Waals surface area contributed by atoms with E-state index < -0.39 is 18.1 Å². The van der Waals surface area contributed by atoms with Gasteiger partial charge in [0.1, 0.15) is 12.3 Å². The van der Waals surface area contributed by atoms with E-state index in [0.29, 0.717) is 5.69 Å². The molecule has 0 bridgehead atoms. The lowest BCUT2D eigenvalue weighted by Gasteiger charge is -2.14. The third-order valence-corrected chi connectivity index (χ3v) is 2.86. The SMILES string of the molecule is Cn1ncc(C(CC(=O)O)NC(=O)OCc2ccccc2)n1. The van der Waals surface area contributed by atoms with Crippen LogP contribution in [-0.4, -0.2) is 32.2 Å². The fraction of sp³-hybridized carbons (Fsp3) is 0.286. The van der Waals surface area contributed by atoms with Gasteiger partial charge in [0.05, 0.1) is 18.7 Å². The summed E-state index contributed by atoms with van der Waals surface area (Å²) in [5.74, 6) is -1.06. The minimum atomic E-state index is -1.06. The normalized spacial score (nSPS) is 11.7. The lowest BCUT2D eigenvalue weighted by atomic mass is 10.1. The van der Waals surface area contributed by atoms with Crippen LogP contribution in [0.15, 0.2) is 36.5 Å². The maximum absolute atomic E-state index is 11.8. The van der Waals surface area contributed by atoms with Crippen LogP contribution in [0.25, 0.3) is 0 Å². The average Bonchev–Trinajstić information content (AvgIpc) is 2.92. The van der Waals surface area contributed by atoms with E-state index >= 15 is 0 Å². The monoisotopic (exact) mass is 304 g/mol. The molecule has 116 valence electrons. The van der Waals surface area contributed by atoms with Crippen LogP contribution >= 0.6 is 0 Å². The third-order valence-electron chi connectivity index (χ3n) is 2.86. The van der Waals surface area contributed by atoms with E-state index in [0.717, 1.165) is 5.56 Å². The van der Waals surface area contributed by atoms with Crippen molar-refractivity contribution in [3.8, 4) is 0 Å². The maximum atomic E-state index is 11.8. The summed E-state index contributed by atoms with van der Waals surface area (Å²) in [5.41, 5.74) is 1.20. The van der Waals surface area contributed by atoms with Crippen molar-refractivity contribution in [3.63, 3.8) is 0 Å². The Labute approximate surface area is 126 Å². The smallest absolute Gasteiger partial charge is 0.408 e. The zero-order valence-electron chi connectivity index (χ0n) is 12.0. The van der Waals surface area contributed by atoms with Gasteiger partial charge in [0.2, 0.25) is 0 Å². The summed E-state index contributed by atoms with van der Waals surface area (Å²) in [4.78, 5) is 24.0. The van der Waals surface area contributed by atoms with Gasteiger partial charge in [-0.15, -0.1) is 0 Å². The van der Waals surface area contributed by atoms with E-state index in [1.54, 1.807) is 7.05 Å². The Morgan fingerprint density at radius 1 is 1.36 bits per heavy atom. The number of aryl methyl sites for hydroxylation is 1. The Kier molecular flexibility index (Phi) is 5.07. The molecule has 0 fully saturated rings. The molecule has 2 aromatic rings. The number of hydrogen-bond donors (Lipinski definition) is 2. The lowest BCUT2D eigenvalue weighted by Crippen LogP contribution is -2.31. The van der Waals surface area contributed by atoms with Crippen molar-refractivity contribution in [2.24, 2.45) is 7.05 Å². The topological polar surface area (TPSA) is 106 Å². The summed E-state index contributed by atoms with van der Waals surface area (Å²) >= 11 is 0. The molecule has 0 spiro atoms. The molecule has 8 nitrogen and oxygen atoms in total. The quantitative estimate of drug-likeness (QED) is 0.832. The molecule has 1 aromatic heterocycles. The fourth-order valence-electron chi connectivity index (χ4n) is 1.83. The van der Waals surface area contributed by atoms with Crippen LogP contribution in [0.1, 0.15) is 23.7 Å². The van der Waals surface area contributed by atoms with Gasteiger partial charge in [-0.05, 0) is 5.56 Å². The lowest BCUT2D eigenvalue weighted by molar-refractivity contribution is -0.137. The number of hydrogen-bond acceptors (Lipinski definition) is 5. The van der Waals surface area contributed by atoms with Crippen molar-refractivity contribution in [2.75, 3.05) is 0 Å². The molecule has 0 aliphatic rings. The van der Waals surface area contributed by atoms with Crippen molar-refractivity contribution in [1.29, 1.82) is 0 Å². The molecule has 22 heavy (non-hydrogen) atoms. The van der Waals surface area contributed by atoms with E-state index in [2.05, 4.69) is 15.5 Å². The minimum Gasteiger partial charge on any atom is -0.481 e. The average molecular weight is 304 g/mol. The van der Waals surface area contributed by atoms with Crippen LogP contribution in [0.5, 0.6) is 0 Å². The number of aliphatic carboxylic acids is 1. The van der Waals surface area contributed by atoms with Gasteiger partial charge in [0, 0.05) is 7.05 Å². The number of carboxylic acids is 1. The molecule has 1 aromatic carbocycles. The molecule has 8 heteroatoms. The molecule has 0 saturated heterocycles. The molecule has 2 N–H and O–H groups in total. The first-order valence-corrected chi connectivity index (χ1v) is 6.60. The summed E-state index contributed by atoms with van der Waals surface area (Å²) < 4.78 is 5.07. The van der Waals surface area contributed by atoms with Gasteiger partial charge in [-0.3, -0.25) is 4.79 Å². The van der Waals surface area contributed by atoms with Gasteiger partial charge in [0.15, 0.2) is 0 Å². The van der Waals surface area contributed by atoms with Gasteiger partial charge < -0.3 is 15.2 Å². The fourth-order valence-corrected chi connectivity index (χ4v) is 1.83. The Morgan fingerprint density at radius 3 is 2.68 bits per heavy atom. The molecule has 0 aliphatic carbocycles. The Morgan fingerprint density at radius 2 is 2.09 bits per heavy atom. The largest absolute Gasteiger partial charge is 0.481 e.